The summed E-state index contributed by atoms with van der Waals surface area (Å²) in [4.78, 5) is 33.5. The Bertz CT molecular complexity index is 1290. The zero-order valence-corrected chi connectivity index (χ0v) is 16.6. The molecule has 0 unspecified atom stereocenters. The van der Waals surface area contributed by atoms with E-state index >= 15 is 0 Å². The fourth-order valence-corrected chi connectivity index (χ4v) is 3.36. The first-order valence-electron chi connectivity index (χ1n) is 9.72. The zero-order chi connectivity index (χ0) is 21.8. The summed E-state index contributed by atoms with van der Waals surface area (Å²) in [5.74, 6) is -0.998. The number of anilines is 1. The predicted molar refractivity (Wildman–Crippen MR) is 119 cm³/mol. The number of carbonyl (C=O) groups is 2. The molecule has 4 N–H and O–H groups in total. The summed E-state index contributed by atoms with van der Waals surface area (Å²) in [6.45, 7) is 0.384. The largest absolute Gasteiger partial charge is 0.481 e. The highest BCUT2D eigenvalue weighted by molar-refractivity contribution is 6.11. The first kappa shape index (κ1) is 20.2. The van der Waals surface area contributed by atoms with Gasteiger partial charge < -0.3 is 16.2 Å². The van der Waals surface area contributed by atoms with Crippen LogP contribution in [-0.2, 0) is 17.8 Å². The molecule has 4 rings (SSSR count). The average molecular weight is 412 g/mol. The third-order valence-corrected chi connectivity index (χ3v) is 4.85. The van der Waals surface area contributed by atoms with Gasteiger partial charge in [-0.3, -0.25) is 9.59 Å². The van der Waals surface area contributed by atoms with Crippen LogP contribution < -0.4 is 11.1 Å². The van der Waals surface area contributed by atoms with Crippen molar-refractivity contribution >= 4 is 28.5 Å². The predicted octanol–water partition coefficient (Wildman–Crippen LogP) is 3.63. The van der Waals surface area contributed by atoms with Crippen LogP contribution in [0.4, 0.5) is 5.69 Å². The van der Waals surface area contributed by atoms with E-state index in [-0.39, 0.29) is 12.1 Å². The van der Waals surface area contributed by atoms with Crippen molar-refractivity contribution in [3.05, 3.63) is 89.6 Å². The lowest BCUT2D eigenvalue weighted by atomic mass is 10.1. The van der Waals surface area contributed by atoms with Gasteiger partial charge in [0, 0.05) is 23.2 Å². The highest BCUT2D eigenvalue weighted by Gasteiger charge is 2.17. The Balaban J connectivity index is 1.78. The molecule has 0 aliphatic carbocycles. The Morgan fingerprint density at radius 1 is 0.935 bits per heavy atom. The maximum absolute atomic E-state index is 13.2. The Morgan fingerprint density at radius 2 is 1.71 bits per heavy atom. The maximum atomic E-state index is 13.2. The number of carbonyl (C=O) groups excluding carboxylic acids is 1. The fraction of sp³-hybridized carbons (Fsp3) is 0.0833. The van der Waals surface area contributed by atoms with Crippen LogP contribution in [0.25, 0.3) is 22.3 Å². The number of carboxylic acid groups (broad SMARTS) is 1. The number of para-hydroxylation sites is 2. The van der Waals surface area contributed by atoms with Crippen LogP contribution in [0.3, 0.4) is 0 Å². The van der Waals surface area contributed by atoms with Crippen molar-refractivity contribution in [2.24, 2.45) is 5.73 Å². The molecule has 154 valence electrons. The number of aromatic nitrogens is 2. The minimum atomic E-state index is -0.976. The minimum Gasteiger partial charge on any atom is -0.481 e. The topological polar surface area (TPSA) is 118 Å². The van der Waals surface area contributed by atoms with Gasteiger partial charge in [0.2, 0.25) is 0 Å². The van der Waals surface area contributed by atoms with Crippen LogP contribution in [0, 0.1) is 0 Å². The summed E-state index contributed by atoms with van der Waals surface area (Å²) >= 11 is 0. The lowest BCUT2D eigenvalue weighted by molar-refractivity contribution is -0.136. The second kappa shape index (κ2) is 8.73. The first-order chi connectivity index (χ1) is 15.0. The number of benzene rings is 3. The molecule has 0 fully saturated rings. The third-order valence-electron chi connectivity index (χ3n) is 4.85. The van der Waals surface area contributed by atoms with Crippen LogP contribution in [0.15, 0.2) is 72.8 Å². The van der Waals surface area contributed by atoms with Crippen LogP contribution in [0.1, 0.15) is 21.6 Å². The zero-order valence-electron chi connectivity index (χ0n) is 16.6. The number of carboxylic acids is 1. The molecule has 1 heterocycles. The Labute approximate surface area is 178 Å². The lowest BCUT2D eigenvalue weighted by Gasteiger charge is -2.12. The molecule has 3 aromatic carbocycles. The van der Waals surface area contributed by atoms with E-state index in [1.165, 1.54) is 0 Å². The molecule has 31 heavy (non-hydrogen) atoms. The number of hydrogen-bond acceptors (Lipinski definition) is 5. The average Bonchev–Trinajstić information content (AvgIpc) is 2.79. The summed E-state index contributed by atoms with van der Waals surface area (Å²) < 4.78 is 0. The van der Waals surface area contributed by atoms with Gasteiger partial charge >= 0.3 is 5.97 Å². The Kier molecular flexibility index (Phi) is 5.68. The van der Waals surface area contributed by atoms with Gasteiger partial charge in [-0.1, -0.05) is 54.6 Å². The monoisotopic (exact) mass is 412 g/mol. The molecule has 0 bridgehead atoms. The van der Waals surface area contributed by atoms with E-state index < -0.39 is 11.9 Å². The summed E-state index contributed by atoms with van der Waals surface area (Å²) in [6.07, 6.45) is -0.196. The number of nitrogens with zero attached hydrogens (tertiary/aromatic N) is 2. The summed E-state index contributed by atoms with van der Waals surface area (Å²) in [6, 6.07) is 21.6. The molecule has 0 radical (unpaired) electrons. The van der Waals surface area contributed by atoms with Crippen LogP contribution in [0.5, 0.6) is 0 Å². The summed E-state index contributed by atoms with van der Waals surface area (Å²) in [5, 5.41) is 12.6. The van der Waals surface area contributed by atoms with Gasteiger partial charge in [0.25, 0.3) is 5.91 Å². The van der Waals surface area contributed by atoms with Gasteiger partial charge in [-0.05, 0) is 29.3 Å². The molecule has 0 spiro atoms. The number of aliphatic carboxylic acids is 1. The van der Waals surface area contributed by atoms with Crippen molar-refractivity contribution in [1.82, 2.24) is 9.97 Å². The normalized spacial score (nSPS) is 10.7. The smallest absolute Gasteiger partial charge is 0.307 e. The van der Waals surface area contributed by atoms with Gasteiger partial charge in [-0.2, -0.15) is 0 Å². The minimum absolute atomic E-state index is 0.196. The molecule has 0 saturated heterocycles. The van der Waals surface area contributed by atoms with Gasteiger partial charge in [0.15, 0.2) is 5.82 Å². The van der Waals surface area contributed by atoms with Crippen molar-refractivity contribution in [1.29, 1.82) is 0 Å². The van der Waals surface area contributed by atoms with E-state index in [4.69, 9.17) is 10.8 Å². The van der Waals surface area contributed by atoms with E-state index in [1.54, 1.807) is 30.3 Å². The second-order valence-electron chi connectivity index (χ2n) is 7.00. The SMILES string of the molecule is NCc1cccc(-c2nc(C(=O)Nc3ccccc3CC(=O)O)c3ccccc3n2)c1. The molecule has 7 nitrogen and oxygen atoms in total. The first-order valence-corrected chi connectivity index (χ1v) is 9.72. The van der Waals surface area contributed by atoms with Crippen molar-refractivity contribution in [2.75, 3.05) is 5.32 Å². The molecular formula is C24H20N4O3. The van der Waals surface area contributed by atoms with Crippen LogP contribution in [0.2, 0.25) is 0 Å². The lowest BCUT2D eigenvalue weighted by Crippen LogP contribution is -2.17. The highest BCUT2D eigenvalue weighted by Crippen LogP contribution is 2.24. The van der Waals surface area contributed by atoms with Crippen molar-refractivity contribution in [3.8, 4) is 11.4 Å². The van der Waals surface area contributed by atoms with Crippen molar-refractivity contribution in [3.63, 3.8) is 0 Å². The van der Waals surface area contributed by atoms with E-state index in [0.29, 0.717) is 34.5 Å². The second-order valence-corrected chi connectivity index (χ2v) is 7.00. The van der Waals surface area contributed by atoms with E-state index in [0.717, 1.165) is 11.1 Å². The quantitative estimate of drug-likeness (QED) is 0.445. The number of nitrogens with two attached hydrogens (primary N) is 1. The summed E-state index contributed by atoms with van der Waals surface area (Å²) in [5.41, 5.74) is 9.24. The van der Waals surface area contributed by atoms with Crippen LogP contribution in [-0.4, -0.2) is 27.0 Å². The third kappa shape index (κ3) is 4.41. The van der Waals surface area contributed by atoms with Crippen molar-refractivity contribution in [2.45, 2.75) is 13.0 Å². The number of fused-ring (bicyclic) bond motifs is 1. The number of amides is 1. The Morgan fingerprint density at radius 3 is 2.52 bits per heavy atom. The van der Waals surface area contributed by atoms with Crippen LogP contribution >= 0.6 is 0 Å². The maximum Gasteiger partial charge on any atom is 0.307 e. The molecular weight excluding hydrogens is 392 g/mol. The molecule has 0 aliphatic heterocycles. The van der Waals surface area contributed by atoms with Gasteiger partial charge in [0.1, 0.15) is 5.69 Å². The van der Waals surface area contributed by atoms with Gasteiger partial charge in [-0.15, -0.1) is 0 Å². The standard InChI is InChI=1S/C24H20N4O3/c25-14-15-6-5-8-17(12-15)23-26-20-11-4-2-9-18(20)22(28-23)24(31)27-19-10-3-1-7-16(19)13-21(29)30/h1-12H,13-14,25H2,(H,27,31)(H,29,30). The van der Waals surface area contributed by atoms with E-state index in [1.807, 2.05) is 42.5 Å². The molecule has 7 heteroatoms. The van der Waals surface area contributed by atoms with E-state index in [2.05, 4.69) is 15.3 Å². The van der Waals surface area contributed by atoms with E-state index in [9.17, 15) is 9.59 Å². The molecule has 0 aliphatic rings. The number of rotatable bonds is 6. The Hall–Kier alpha value is -4.10. The number of nitrogens with one attached hydrogen (secondary N) is 1. The molecule has 4 aromatic rings. The molecule has 0 saturated carbocycles. The molecule has 1 aromatic heterocycles. The van der Waals surface area contributed by atoms with Gasteiger partial charge in [-0.25, -0.2) is 9.97 Å². The fourth-order valence-electron chi connectivity index (χ4n) is 3.36. The molecule has 1 amide bonds. The number of hydrogen-bond donors (Lipinski definition) is 3. The van der Waals surface area contributed by atoms with Crippen molar-refractivity contribution < 1.29 is 14.7 Å². The van der Waals surface area contributed by atoms with Gasteiger partial charge in [0.05, 0.1) is 11.9 Å². The summed E-state index contributed by atoms with van der Waals surface area (Å²) in [7, 11) is 0. The highest BCUT2D eigenvalue weighted by atomic mass is 16.4. The molecule has 0 atom stereocenters.